The standard InChI is InChI=1S/C15H13F4NO/c1-8(14-10(16)3-2-4-11(14)17)20-7-9-5-12(18)15(21)13(19)6-9/h2-6,8,20-21H,7H2,1H3. The molecule has 2 nitrogen and oxygen atoms in total. The van der Waals surface area contributed by atoms with E-state index in [4.69, 9.17) is 5.11 Å². The first-order valence-electron chi connectivity index (χ1n) is 6.24. The van der Waals surface area contributed by atoms with Crippen LogP contribution in [-0.2, 0) is 6.54 Å². The van der Waals surface area contributed by atoms with Crippen LogP contribution < -0.4 is 5.32 Å². The van der Waals surface area contributed by atoms with Gasteiger partial charge in [0.25, 0.3) is 0 Å². The summed E-state index contributed by atoms with van der Waals surface area (Å²) >= 11 is 0. The molecule has 2 N–H and O–H groups in total. The quantitative estimate of drug-likeness (QED) is 0.842. The number of hydrogen-bond acceptors (Lipinski definition) is 2. The Hall–Kier alpha value is -2.08. The van der Waals surface area contributed by atoms with Crippen molar-refractivity contribution < 1.29 is 22.7 Å². The summed E-state index contributed by atoms with van der Waals surface area (Å²) in [6.45, 7) is 1.53. The second kappa shape index (κ2) is 6.13. The summed E-state index contributed by atoms with van der Waals surface area (Å²) in [5.74, 6) is -4.61. The monoisotopic (exact) mass is 299 g/mol. The molecule has 0 spiro atoms. The molecule has 0 saturated heterocycles. The van der Waals surface area contributed by atoms with Gasteiger partial charge in [0.15, 0.2) is 17.4 Å². The van der Waals surface area contributed by atoms with Crippen molar-refractivity contribution in [3.63, 3.8) is 0 Å². The van der Waals surface area contributed by atoms with Gasteiger partial charge < -0.3 is 10.4 Å². The van der Waals surface area contributed by atoms with Crippen LogP contribution in [0.1, 0.15) is 24.1 Å². The maximum atomic E-state index is 13.6. The number of halogens is 4. The number of nitrogens with one attached hydrogen (secondary N) is 1. The van der Waals surface area contributed by atoms with Crippen LogP contribution in [0.3, 0.4) is 0 Å². The minimum absolute atomic E-state index is 0.0109. The fourth-order valence-electron chi connectivity index (χ4n) is 2.02. The summed E-state index contributed by atoms with van der Waals surface area (Å²) in [5.41, 5.74) is 0.0728. The molecule has 2 aromatic carbocycles. The second-order valence-corrected chi connectivity index (χ2v) is 4.65. The molecule has 2 aromatic rings. The minimum Gasteiger partial charge on any atom is -0.503 e. The Kier molecular flexibility index (Phi) is 4.47. The molecule has 0 aromatic heterocycles. The normalized spacial score (nSPS) is 12.4. The van der Waals surface area contributed by atoms with Crippen LogP contribution in [0.25, 0.3) is 0 Å². The minimum atomic E-state index is -1.09. The van der Waals surface area contributed by atoms with Gasteiger partial charge in [0, 0.05) is 18.2 Å². The van der Waals surface area contributed by atoms with E-state index in [9.17, 15) is 17.6 Å². The third-order valence-electron chi connectivity index (χ3n) is 3.12. The Morgan fingerprint density at radius 1 is 1.00 bits per heavy atom. The lowest BCUT2D eigenvalue weighted by atomic mass is 10.1. The molecule has 0 bridgehead atoms. The van der Waals surface area contributed by atoms with E-state index in [1.54, 1.807) is 0 Å². The van der Waals surface area contributed by atoms with Gasteiger partial charge in [0.1, 0.15) is 11.6 Å². The molecule has 0 saturated carbocycles. The molecule has 0 aliphatic carbocycles. The highest BCUT2D eigenvalue weighted by Gasteiger charge is 2.16. The molecular weight excluding hydrogens is 286 g/mol. The van der Waals surface area contributed by atoms with Gasteiger partial charge in [-0.15, -0.1) is 0 Å². The van der Waals surface area contributed by atoms with Crippen molar-refractivity contribution in [3.05, 3.63) is 64.7 Å². The molecule has 1 atom stereocenters. The van der Waals surface area contributed by atoms with E-state index in [1.807, 2.05) is 0 Å². The molecule has 1 unspecified atom stereocenters. The third kappa shape index (κ3) is 3.33. The summed E-state index contributed by atoms with van der Waals surface area (Å²) in [7, 11) is 0. The van der Waals surface area contributed by atoms with E-state index in [-0.39, 0.29) is 17.7 Å². The first kappa shape index (κ1) is 15.3. The molecule has 0 amide bonds. The van der Waals surface area contributed by atoms with E-state index in [0.717, 1.165) is 24.3 Å². The molecule has 2 rings (SSSR count). The van der Waals surface area contributed by atoms with Gasteiger partial charge >= 0.3 is 0 Å². The average Bonchev–Trinajstić information content (AvgIpc) is 2.42. The first-order chi connectivity index (χ1) is 9.90. The Labute approximate surface area is 119 Å². The lowest BCUT2D eigenvalue weighted by Gasteiger charge is -2.16. The maximum absolute atomic E-state index is 13.6. The Bertz CT molecular complexity index is 617. The van der Waals surface area contributed by atoms with Crippen molar-refractivity contribution in [2.45, 2.75) is 19.5 Å². The SMILES string of the molecule is CC(NCc1cc(F)c(O)c(F)c1)c1c(F)cccc1F. The first-order valence-corrected chi connectivity index (χ1v) is 6.24. The molecule has 112 valence electrons. The van der Waals surface area contributed by atoms with Crippen LogP contribution in [0.15, 0.2) is 30.3 Å². The Morgan fingerprint density at radius 3 is 2.05 bits per heavy atom. The zero-order chi connectivity index (χ0) is 15.6. The van der Waals surface area contributed by atoms with Gasteiger partial charge in [-0.2, -0.15) is 0 Å². The Balaban J connectivity index is 2.13. The van der Waals surface area contributed by atoms with Crippen LogP contribution >= 0.6 is 0 Å². The van der Waals surface area contributed by atoms with Crippen LogP contribution in [-0.4, -0.2) is 5.11 Å². The molecule has 0 aliphatic heterocycles. The molecule has 0 radical (unpaired) electrons. The maximum Gasteiger partial charge on any atom is 0.187 e. The van der Waals surface area contributed by atoms with Crippen molar-refractivity contribution in [1.29, 1.82) is 0 Å². The van der Waals surface area contributed by atoms with E-state index in [1.165, 1.54) is 13.0 Å². The fourth-order valence-corrected chi connectivity index (χ4v) is 2.02. The van der Waals surface area contributed by atoms with Crippen LogP contribution in [0.5, 0.6) is 5.75 Å². The van der Waals surface area contributed by atoms with Gasteiger partial charge in [-0.3, -0.25) is 0 Å². The third-order valence-corrected chi connectivity index (χ3v) is 3.12. The van der Waals surface area contributed by atoms with E-state index in [2.05, 4.69) is 5.32 Å². The zero-order valence-electron chi connectivity index (χ0n) is 11.1. The van der Waals surface area contributed by atoms with Crippen molar-refractivity contribution >= 4 is 0 Å². The molecule has 0 fully saturated rings. The van der Waals surface area contributed by atoms with Crippen molar-refractivity contribution in [2.75, 3.05) is 0 Å². The molecule has 0 heterocycles. The van der Waals surface area contributed by atoms with Gasteiger partial charge in [-0.25, -0.2) is 17.6 Å². The lowest BCUT2D eigenvalue weighted by molar-refractivity contribution is 0.394. The highest BCUT2D eigenvalue weighted by atomic mass is 19.1. The highest BCUT2D eigenvalue weighted by molar-refractivity contribution is 5.30. The molecule has 0 aliphatic rings. The van der Waals surface area contributed by atoms with Gasteiger partial charge in [-0.05, 0) is 36.8 Å². The zero-order valence-corrected chi connectivity index (χ0v) is 11.1. The summed E-state index contributed by atoms with van der Waals surface area (Å²) in [6.07, 6.45) is 0. The van der Waals surface area contributed by atoms with Gasteiger partial charge in [-0.1, -0.05) is 6.07 Å². The molecule has 21 heavy (non-hydrogen) atoms. The van der Waals surface area contributed by atoms with Crippen LogP contribution in [0.2, 0.25) is 0 Å². The summed E-state index contributed by atoms with van der Waals surface area (Å²) < 4.78 is 53.5. The number of phenols is 1. The van der Waals surface area contributed by atoms with Crippen molar-refractivity contribution in [3.8, 4) is 5.75 Å². The van der Waals surface area contributed by atoms with E-state index < -0.39 is 35.1 Å². The Morgan fingerprint density at radius 2 is 1.52 bits per heavy atom. The number of phenolic OH excluding ortho intramolecular Hbond substituents is 1. The van der Waals surface area contributed by atoms with Gasteiger partial charge in [0.2, 0.25) is 0 Å². The van der Waals surface area contributed by atoms with Crippen molar-refractivity contribution in [1.82, 2.24) is 5.32 Å². The molecule has 6 heteroatoms. The predicted molar refractivity (Wildman–Crippen MR) is 69.6 cm³/mol. The van der Waals surface area contributed by atoms with Crippen LogP contribution in [0, 0.1) is 23.3 Å². The topological polar surface area (TPSA) is 32.3 Å². The average molecular weight is 299 g/mol. The summed E-state index contributed by atoms with van der Waals surface area (Å²) in [4.78, 5) is 0. The molecular formula is C15H13F4NO. The summed E-state index contributed by atoms with van der Waals surface area (Å²) in [6, 6.07) is 4.75. The number of benzene rings is 2. The number of rotatable bonds is 4. The van der Waals surface area contributed by atoms with E-state index >= 15 is 0 Å². The number of hydrogen-bond donors (Lipinski definition) is 2. The summed E-state index contributed by atoms with van der Waals surface area (Å²) in [5, 5.41) is 11.8. The second-order valence-electron chi connectivity index (χ2n) is 4.65. The highest BCUT2D eigenvalue weighted by Crippen LogP contribution is 2.23. The van der Waals surface area contributed by atoms with Crippen molar-refractivity contribution in [2.24, 2.45) is 0 Å². The fraction of sp³-hybridized carbons (Fsp3) is 0.200. The van der Waals surface area contributed by atoms with Crippen LogP contribution in [0.4, 0.5) is 17.6 Å². The smallest absolute Gasteiger partial charge is 0.187 e. The number of aromatic hydroxyl groups is 1. The largest absolute Gasteiger partial charge is 0.503 e. The predicted octanol–water partition coefficient (Wildman–Crippen LogP) is 3.80. The van der Waals surface area contributed by atoms with E-state index in [0.29, 0.717) is 0 Å². The lowest BCUT2D eigenvalue weighted by Crippen LogP contribution is -2.20. The van der Waals surface area contributed by atoms with Gasteiger partial charge in [0.05, 0.1) is 0 Å².